The van der Waals surface area contributed by atoms with Gasteiger partial charge in [-0.2, -0.15) is 0 Å². The molecule has 21 heavy (non-hydrogen) atoms. The summed E-state index contributed by atoms with van der Waals surface area (Å²) in [5, 5.41) is 2.95. The first kappa shape index (κ1) is 19.5. The molecule has 0 bridgehead atoms. The molecule has 2 amide bonds. The topological polar surface area (TPSA) is 113 Å². The maximum atomic E-state index is 11.7. The average Bonchev–Trinajstić information content (AvgIpc) is 2.42. The number of carbonyl (C=O) groups excluding carboxylic acids is 3. The summed E-state index contributed by atoms with van der Waals surface area (Å²) >= 11 is 0. The van der Waals surface area contributed by atoms with Gasteiger partial charge in [0.05, 0.1) is 18.5 Å². The van der Waals surface area contributed by atoms with Crippen LogP contribution in [0.1, 0.15) is 47.0 Å². The van der Waals surface area contributed by atoms with Gasteiger partial charge in [-0.1, -0.05) is 27.7 Å². The van der Waals surface area contributed by atoms with E-state index >= 15 is 0 Å². The molecule has 0 radical (unpaired) electrons. The number of likely N-dealkylation sites (N-methyl/N-ethyl adjacent to an activating group) is 1. The summed E-state index contributed by atoms with van der Waals surface area (Å²) in [7, 11) is 0. The van der Waals surface area contributed by atoms with Gasteiger partial charge in [0.2, 0.25) is 5.91 Å². The summed E-state index contributed by atoms with van der Waals surface area (Å²) < 4.78 is 0. The molecule has 5 N–H and O–H groups in total. The van der Waals surface area contributed by atoms with Crippen molar-refractivity contribution in [1.29, 1.82) is 0 Å². The quantitative estimate of drug-likeness (QED) is 0.442. The fourth-order valence-corrected chi connectivity index (χ4v) is 1.87. The minimum atomic E-state index is -0.660. The number of Topliss-reactive ketones (excluding diaryl/α,β-unsaturated/α-hetero) is 1. The number of hydrogen-bond acceptors (Lipinski definition) is 5. The van der Waals surface area contributed by atoms with Crippen LogP contribution in [0.15, 0.2) is 0 Å². The van der Waals surface area contributed by atoms with Gasteiger partial charge >= 0.3 is 0 Å². The second-order valence-corrected chi connectivity index (χ2v) is 5.41. The van der Waals surface area contributed by atoms with Gasteiger partial charge in [-0.15, -0.1) is 0 Å². The molecule has 0 aliphatic heterocycles. The van der Waals surface area contributed by atoms with E-state index in [1.165, 1.54) is 0 Å². The van der Waals surface area contributed by atoms with Crippen molar-refractivity contribution in [3.05, 3.63) is 0 Å². The predicted octanol–water partition coefficient (Wildman–Crippen LogP) is -0.145. The Labute approximate surface area is 126 Å². The van der Waals surface area contributed by atoms with Crippen LogP contribution in [0.2, 0.25) is 0 Å². The molecule has 0 aromatic carbocycles. The zero-order valence-electron chi connectivity index (χ0n) is 13.4. The van der Waals surface area contributed by atoms with Crippen LogP contribution in [0.4, 0.5) is 0 Å². The molecule has 0 aliphatic carbocycles. The van der Waals surface area contributed by atoms with Gasteiger partial charge in [0.15, 0.2) is 0 Å². The van der Waals surface area contributed by atoms with Crippen LogP contribution in [0.25, 0.3) is 0 Å². The summed E-state index contributed by atoms with van der Waals surface area (Å²) in [5.41, 5.74) is 10.3. The smallest absolute Gasteiger partial charge is 0.255 e. The minimum absolute atomic E-state index is 0.0137. The fraction of sp³-hybridized carbons (Fsp3) is 0.786. The van der Waals surface area contributed by atoms with Crippen molar-refractivity contribution in [3.63, 3.8) is 0 Å². The Bertz CT molecular complexity index is 358. The molecular weight excluding hydrogens is 272 g/mol. The Balaban J connectivity index is 4.24. The van der Waals surface area contributed by atoms with Crippen molar-refractivity contribution in [3.8, 4) is 0 Å². The van der Waals surface area contributed by atoms with Gasteiger partial charge in [0, 0.05) is 6.42 Å². The van der Waals surface area contributed by atoms with E-state index in [0.717, 1.165) is 0 Å². The fourth-order valence-electron chi connectivity index (χ4n) is 1.87. The van der Waals surface area contributed by atoms with Crippen molar-refractivity contribution in [1.82, 2.24) is 16.2 Å². The molecule has 0 heterocycles. The van der Waals surface area contributed by atoms with E-state index in [4.69, 9.17) is 5.73 Å². The van der Waals surface area contributed by atoms with E-state index in [1.54, 1.807) is 6.92 Å². The van der Waals surface area contributed by atoms with Crippen molar-refractivity contribution >= 4 is 17.6 Å². The van der Waals surface area contributed by atoms with Crippen LogP contribution in [0.3, 0.4) is 0 Å². The Morgan fingerprint density at radius 3 is 2.19 bits per heavy atom. The second-order valence-electron chi connectivity index (χ2n) is 5.41. The van der Waals surface area contributed by atoms with Gasteiger partial charge in [0.1, 0.15) is 5.78 Å². The lowest BCUT2D eigenvalue weighted by Crippen LogP contribution is -2.51. The highest BCUT2D eigenvalue weighted by Gasteiger charge is 2.20. The third-order valence-electron chi connectivity index (χ3n) is 2.96. The molecule has 0 spiro atoms. The largest absolute Gasteiger partial charge is 0.320 e. The van der Waals surface area contributed by atoms with Gasteiger partial charge < -0.3 is 11.1 Å². The number of nitrogens with one attached hydrogen (secondary N) is 3. The second kappa shape index (κ2) is 10.3. The summed E-state index contributed by atoms with van der Waals surface area (Å²) in [6, 6.07) is -1.19. The lowest BCUT2D eigenvalue weighted by molar-refractivity contribution is -0.131. The SMILES string of the molecule is CCNC(CC(=O)NNC(=O)C(N)CC(C)C)C(=O)CC. The number of amides is 2. The molecule has 7 nitrogen and oxygen atoms in total. The predicted molar refractivity (Wildman–Crippen MR) is 81.1 cm³/mol. The van der Waals surface area contributed by atoms with Crippen LogP contribution >= 0.6 is 0 Å². The Morgan fingerprint density at radius 2 is 1.71 bits per heavy atom. The van der Waals surface area contributed by atoms with E-state index < -0.39 is 23.9 Å². The molecule has 7 heteroatoms. The zero-order chi connectivity index (χ0) is 16.4. The molecular formula is C14H28N4O3. The first-order chi connectivity index (χ1) is 9.81. The lowest BCUT2D eigenvalue weighted by Gasteiger charge is -2.17. The van der Waals surface area contributed by atoms with Crippen molar-refractivity contribution in [2.24, 2.45) is 11.7 Å². The van der Waals surface area contributed by atoms with Gasteiger partial charge in [-0.25, -0.2) is 0 Å². The number of hydrogen-bond donors (Lipinski definition) is 4. The highest BCUT2D eigenvalue weighted by molar-refractivity contribution is 5.90. The molecule has 0 fully saturated rings. The summed E-state index contributed by atoms with van der Waals surface area (Å²) in [4.78, 5) is 35.0. The maximum Gasteiger partial charge on any atom is 0.255 e. The van der Waals surface area contributed by atoms with Gasteiger partial charge in [0.25, 0.3) is 5.91 Å². The van der Waals surface area contributed by atoms with Gasteiger partial charge in [-0.3, -0.25) is 25.2 Å². The zero-order valence-corrected chi connectivity index (χ0v) is 13.4. The monoisotopic (exact) mass is 300 g/mol. The first-order valence-electron chi connectivity index (χ1n) is 7.42. The van der Waals surface area contributed by atoms with Crippen molar-refractivity contribution in [2.45, 2.75) is 59.0 Å². The normalized spacial score (nSPS) is 13.6. The molecule has 2 unspecified atom stereocenters. The summed E-state index contributed by atoms with van der Waals surface area (Å²) in [6.07, 6.45) is 0.882. The maximum absolute atomic E-state index is 11.7. The standard InChI is InChI=1S/C14H28N4O3/c1-5-12(19)11(16-6-2)8-13(20)17-18-14(21)10(15)7-9(3)4/h9-11,16H,5-8,15H2,1-4H3,(H,17,20)(H,18,21). The first-order valence-corrected chi connectivity index (χ1v) is 7.42. The molecule has 0 aromatic heterocycles. The van der Waals surface area contributed by atoms with Crippen LogP contribution in [0.5, 0.6) is 0 Å². The molecule has 0 aromatic rings. The minimum Gasteiger partial charge on any atom is -0.320 e. The number of nitrogens with two attached hydrogens (primary N) is 1. The molecule has 122 valence electrons. The van der Waals surface area contributed by atoms with Crippen LogP contribution in [-0.2, 0) is 14.4 Å². The molecule has 0 aliphatic rings. The van der Waals surface area contributed by atoms with Gasteiger partial charge in [-0.05, 0) is 18.9 Å². The lowest BCUT2D eigenvalue weighted by atomic mass is 10.0. The van der Waals surface area contributed by atoms with Crippen molar-refractivity contribution < 1.29 is 14.4 Å². The Kier molecular flexibility index (Phi) is 9.56. The third-order valence-corrected chi connectivity index (χ3v) is 2.96. The van der Waals surface area contributed by atoms with E-state index in [1.807, 2.05) is 20.8 Å². The highest BCUT2D eigenvalue weighted by Crippen LogP contribution is 2.02. The number of carbonyl (C=O) groups is 3. The molecule has 0 saturated carbocycles. The van der Waals surface area contributed by atoms with Crippen LogP contribution in [-0.4, -0.2) is 36.2 Å². The van der Waals surface area contributed by atoms with Crippen molar-refractivity contribution in [2.75, 3.05) is 6.54 Å². The van der Waals surface area contributed by atoms with Crippen LogP contribution in [0, 0.1) is 5.92 Å². The number of hydrazine groups is 1. The van der Waals surface area contributed by atoms with E-state index in [2.05, 4.69) is 16.2 Å². The number of rotatable bonds is 9. The molecule has 2 atom stereocenters. The van der Waals surface area contributed by atoms with Crippen LogP contribution < -0.4 is 21.9 Å². The van der Waals surface area contributed by atoms with E-state index in [0.29, 0.717) is 25.3 Å². The third kappa shape index (κ3) is 8.41. The average molecular weight is 300 g/mol. The molecule has 0 saturated heterocycles. The summed E-state index contributed by atoms with van der Waals surface area (Å²) in [6.45, 7) is 8.12. The highest BCUT2D eigenvalue weighted by atomic mass is 16.2. The summed E-state index contributed by atoms with van der Waals surface area (Å²) in [5.74, 6) is -0.594. The van der Waals surface area contributed by atoms with E-state index in [9.17, 15) is 14.4 Å². The Morgan fingerprint density at radius 1 is 1.10 bits per heavy atom. The number of ketones is 1. The van der Waals surface area contributed by atoms with E-state index in [-0.39, 0.29) is 12.2 Å². The molecule has 0 rings (SSSR count). The Hall–Kier alpha value is -1.47.